The Morgan fingerprint density at radius 3 is 2.78 bits per heavy atom. The monoisotopic (exact) mass is 263 g/mol. The van der Waals surface area contributed by atoms with E-state index < -0.39 is 0 Å². The third-order valence-electron chi connectivity index (χ3n) is 3.22. The molecular formula is C14H18ClN3. The number of nitrogen functional groups attached to an aromatic ring is 1. The van der Waals surface area contributed by atoms with Gasteiger partial charge in [0, 0.05) is 23.2 Å². The number of rotatable bonds is 3. The van der Waals surface area contributed by atoms with E-state index >= 15 is 0 Å². The summed E-state index contributed by atoms with van der Waals surface area (Å²) in [4.78, 5) is 0. The van der Waals surface area contributed by atoms with Crippen LogP contribution in [0.2, 0.25) is 5.02 Å². The minimum Gasteiger partial charge on any atom is -0.384 e. The second-order valence-electron chi connectivity index (χ2n) is 4.50. The van der Waals surface area contributed by atoms with E-state index in [9.17, 15) is 0 Å². The molecule has 2 N–H and O–H groups in total. The van der Waals surface area contributed by atoms with E-state index in [0.717, 1.165) is 46.1 Å². The fourth-order valence-electron chi connectivity index (χ4n) is 2.16. The zero-order valence-corrected chi connectivity index (χ0v) is 11.8. The Labute approximate surface area is 113 Å². The number of aromatic nitrogens is 2. The Morgan fingerprint density at radius 1 is 1.39 bits per heavy atom. The van der Waals surface area contributed by atoms with Crippen molar-refractivity contribution in [2.24, 2.45) is 7.05 Å². The zero-order valence-electron chi connectivity index (χ0n) is 11.0. The van der Waals surface area contributed by atoms with Crippen molar-refractivity contribution in [3.05, 3.63) is 34.3 Å². The molecule has 0 atom stereocenters. The van der Waals surface area contributed by atoms with Crippen LogP contribution in [0.4, 0.5) is 5.82 Å². The van der Waals surface area contributed by atoms with Crippen LogP contribution in [0.15, 0.2) is 18.2 Å². The number of anilines is 1. The summed E-state index contributed by atoms with van der Waals surface area (Å²) in [5.41, 5.74) is 10.3. The van der Waals surface area contributed by atoms with Gasteiger partial charge in [-0.3, -0.25) is 4.68 Å². The first-order valence-corrected chi connectivity index (χ1v) is 6.50. The molecule has 1 aromatic carbocycles. The van der Waals surface area contributed by atoms with Crippen LogP contribution in [0.1, 0.15) is 24.5 Å². The highest BCUT2D eigenvalue weighted by Crippen LogP contribution is 2.32. The molecule has 18 heavy (non-hydrogen) atoms. The number of benzene rings is 1. The van der Waals surface area contributed by atoms with Gasteiger partial charge in [-0.25, -0.2) is 0 Å². The van der Waals surface area contributed by atoms with Crippen molar-refractivity contribution < 1.29 is 0 Å². The van der Waals surface area contributed by atoms with Crippen molar-refractivity contribution in [2.75, 3.05) is 5.73 Å². The molecule has 0 saturated heterocycles. The lowest BCUT2D eigenvalue weighted by atomic mass is 10.00. The van der Waals surface area contributed by atoms with Gasteiger partial charge in [-0.15, -0.1) is 0 Å². The molecule has 2 rings (SSSR count). The van der Waals surface area contributed by atoms with Crippen LogP contribution in [-0.2, 0) is 13.5 Å². The zero-order chi connectivity index (χ0) is 13.3. The number of halogens is 1. The fraction of sp³-hybridized carbons (Fsp3) is 0.357. The van der Waals surface area contributed by atoms with Crippen molar-refractivity contribution in [1.29, 1.82) is 0 Å². The van der Waals surface area contributed by atoms with Crippen molar-refractivity contribution in [2.45, 2.75) is 26.7 Å². The lowest BCUT2D eigenvalue weighted by Crippen LogP contribution is -1.99. The maximum absolute atomic E-state index is 6.17. The minimum absolute atomic E-state index is 0.742. The molecule has 0 amide bonds. The Hall–Kier alpha value is -1.48. The molecule has 0 aliphatic heterocycles. The normalized spacial score (nSPS) is 10.9. The molecule has 0 saturated carbocycles. The van der Waals surface area contributed by atoms with Crippen LogP contribution < -0.4 is 5.73 Å². The third-order valence-corrected chi connectivity index (χ3v) is 3.63. The summed E-state index contributed by atoms with van der Waals surface area (Å²) >= 11 is 6.17. The minimum atomic E-state index is 0.742. The summed E-state index contributed by atoms with van der Waals surface area (Å²) in [6.45, 7) is 4.15. The molecule has 96 valence electrons. The van der Waals surface area contributed by atoms with Gasteiger partial charge in [0.1, 0.15) is 5.82 Å². The first-order valence-electron chi connectivity index (χ1n) is 6.13. The summed E-state index contributed by atoms with van der Waals surface area (Å²) in [6, 6.07) is 5.89. The van der Waals surface area contributed by atoms with Crippen molar-refractivity contribution >= 4 is 17.4 Å². The molecule has 0 radical (unpaired) electrons. The first kappa shape index (κ1) is 13.0. The van der Waals surface area contributed by atoms with Crippen LogP contribution in [-0.4, -0.2) is 9.78 Å². The molecule has 0 unspecified atom stereocenters. The highest BCUT2D eigenvalue weighted by atomic mass is 35.5. The molecule has 0 fully saturated rings. The van der Waals surface area contributed by atoms with E-state index in [1.165, 1.54) is 0 Å². The SMILES string of the molecule is CCCc1c(-c2cccc(Cl)c2C)nn(C)c1N. The van der Waals surface area contributed by atoms with Gasteiger partial charge in [-0.1, -0.05) is 37.1 Å². The Morgan fingerprint density at radius 2 is 2.11 bits per heavy atom. The van der Waals surface area contributed by atoms with Crippen molar-refractivity contribution in [3.63, 3.8) is 0 Å². The van der Waals surface area contributed by atoms with Crippen LogP contribution in [0.5, 0.6) is 0 Å². The van der Waals surface area contributed by atoms with Gasteiger partial charge >= 0.3 is 0 Å². The summed E-state index contributed by atoms with van der Waals surface area (Å²) < 4.78 is 1.74. The largest absolute Gasteiger partial charge is 0.384 e. The van der Waals surface area contributed by atoms with Gasteiger partial charge < -0.3 is 5.73 Å². The number of hydrogen-bond acceptors (Lipinski definition) is 2. The summed E-state index contributed by atoms with van der Waals surface area (Å²) in [6.07, 6.45) is 1.98. The second-order valence-corrected chi connectivity index (χ2v) is 4.91. The molecule has 1 aromatic heterocycles. The molecule has 1 heterocycles. The lowest BCUT2D eigenvalue weighted by Gasteiger charge is -2.07. The highest BCUT2D eigenvalue weighted by Gasteiger charge is 2.16. The van der Waals surface area contributed by atoms with Gasteiger partial charge in [0.2, 0.25) is 0 Å². The Bertz CT molecular complexity index is 573. The molecule has 0 aliphatic carbocycles. The van der Waals surface area contributed by atoms with Crippen molar-refractivity contribution in [1.82, 2.24) is 9.78 Å². The molecule has 4 heteroatoms. The Kier molecular flexibility index (Phi) is 3.62. The highest BCUT2D eigenvalue weighted by molar-refractivity contribution is 6.31. The van der Waals surface area contributed by atoms with E-state index in [1.807, 2.05) is 32.2 Å². The van der Waals surface area contributed by atoms with E-state index in [-0.39, 0.29) is 0 Å². The first-order chi connectivity index (χ1) is 8.56. The molecular weight excluding hydrogens is 246 g/mol. The predicted molar refractivity (Wildman–Crippen MR) is 76.8 cm³/mol. The van der Waals surface area contributed by atoms with E-state index in [1.54, 1.807) is 4.68 Å². The van der Waals surface area contributed by atoms with Gasteiger partial charge in [0.25, 0.3) is 0 Å². The van der Waals surface area contributed by atoms with Gasteiger partial charge in [-0.05, 0) is 25.0 Å². The molecule has 2 aromatic rings. The number of aryl methyl sites for hydroxylation is 1. The molecule has 3 nitrogen and oxygen atoms in total. The molecule has 0 bridgehead atoms. The summed E-state index contributed by atoms with van der Waals surface area (Å²) in [5, 5.41) is 5.30. The maximum atomic E-state index is 6.17. The van der Waals surface area contributed by atoms with Gasteiger partial charge in [-0.2, -0.15) is 5.10 Å². The smallest absolute Gasteiger partial charge is 0.125 e. The fourth-order valence-corrected chi connectivity index (χ4v) is 2.33. The second kappa shape index (κ2) is 5.02. The van der Waals surface area contributed by atoms with Crippen LogP contribution in [0.25, 0.3) is 11.3 Å². The van der Waals surface area contributed by atoms with E-state index in [4.69, 9.17) is 17.3 Å². The average Bonchev–Trinajstić information content (AvgIpc) is 2.61. The topological polar surface area (TPSA) is 43.8 Å². The van der Waals surface area contributed by atoms with Crippen LogP contribution in [0.3, 0.4) is 0 Å². The van der Waals surface area contributed by atoms with Crippen LogP contribution in [0, 0.1) is 6.92 Å². The van der Waals surface area contributed by atoms with Crippen LogP contribution >= 0.6 is 11.6 Å². The van der Waals surface area contributed by atoms with Crippen molar-refractivity contribution in [3.8, 4) is 11.3 Å². The van der Waals surface area contributed by atoms with Gasteiger partial charge in [0.05, 0.1) is 5.69 Å². The lowest BCUT2D eigenvalue weighted by molar-refractivity contribution is 0.781. The quantitative estimate of drug-likeness (QED) is 0.920. The maximum Gasteiger partial charge on any atom is 0.125 e. The number of nitrogens with zero attached hydrogens (tertiary/aromatic N) is 2. The van der Waals surface area contributed by atoms with E-state index in [2.05, 4.69) is 12.0 Å². The molecule has 0 spiro atoms. The predicted octanol–water partition coefficient (Wildman–Crippen LogP) is 3.58. The molecule has 0 aliphatic rings. The average molecular weight is 264 g/mol. The standard InChI is InChI=1S/C14H18ClN3/c1-4-6-11-13(17-18(3)14(11)16)10-7-5-8-12(15)9(10)2/h5,7-8H,4,6,16H2,1-3H3. The summed E-state index contributed by atoms with van der Waals surface area (Å²) in [7, 11) is 1.87. The number of nitrogens with two attached hydrogens (primary N) is 1. The van der Waals surface area contributed by atoms with Gasteiger partial charge in [0.15, 0.2) is 0 Å². The Balaban J connectivity index is 2.63. The van der Waals surface area contributed by atoms with E-state index in [0.29, 0.717) is 0 Å². The number of hydrogen-bond donors (Lipinski definition) is 1. The third kappa shape index (κ3) is 2.10. The summed E-state index contributed by atoms with van der Waals surface area (Å²) in [5.74, 6) is 0.742.